The van der Waals surface area contributed by atoms with E-state index in [1.54, 1.807) is 0 Å². The highest BCUT2D eigenvalue weighted by atomic mass is 16.5. The van der Waals surface area contributed by atoms with E-state index in [2.05, 4.69) is 31.3 Å². The first-order valence-corrected chi connectivity index (χ1v) is 17.0. The number of unbranched alkanes of at least 4 members (excludes halogenated alkanes) is 14. The van der Waals surface area contributed by atoms with E-state index in [1.165, 1.54) is 77.0 Å². The zero-order valence-corrected chi connectivity index (χ0v) is 26.6. The van der Waals surface area contributed by atoms with Gasteiger partial charge >= 0.3 is 11.9 Å². The van der Waals surface area contributed by atoms with Gasteiger partial charge in [0.05, 0.1) is 0 Å². The molecule has 1 amide bonds. The van der Waals surface area contributed by atoms with Gasteiger partial charge in [-0.3, -0.25) is 9.59 Å². The molecule has 0 aromatic carbocycles. The molecule has 2 unspecified atom stereocenters. The third-order valence-corrected chi connectivity index (χ3v) is 7.56. The fourth-order valence-electron chi connectivity index (χ4n) is 5.03. The van der Waals surface area contributed by atoms with E-state index in [1.807, 2.05) is 0 Å². The van der Waals surface area contributed by atoms with Crippen LogP contribution in [0.1, 0.15) is 168 Å². The Morgan fingerprint density at radius 2 is 1.24 bits per heavy atom. The molecule has 0 saturated carbocycles. The Kier molecular flexibility index (Phi) is 28.2. The first kappa shape index (κ1) is 39.1. The fourth-order valence-corrected chi connectivity index (χ4v) is 5.03. The van der Waals surface area contributed by atoms with Crippen LogP contribution in [0.4, 0.5) is 0 Å². The monoisotopic (exact) mass is 580 g/mol. The smallest absolute Gasteiger partial charge is 0.326 e. The van der Waals surface area contributed by atoms with Crippen molar-refractivity contribution >= 4 is 17.8 Å². The van der Waals surface area contributed by atoms with Crippen molar-refractivity contribution in [3.8, 4) is 0 Å². The lowest BCUT2D eigenvalue weighted by Gasteiger charge is -2.17. The second-order valence-corrected chi connectivity index (χ2v) is 11.6. The van der Waals surface area contributed by atoms with Crippen molar-refractivity contribution in [3.63, 3.8) is 0 Å². The van der Waals surface area contributed by atoms with Gasteiger partial charge in [0, 0.05) is 12.8 Å². The van der Waals surface area contributed by atoms with E-state index in [4.69, 9.17) is 10.5 Å². The molecule has 0 spiro atoms. The van der Waals surface area contributed by atoms with Crippen molar-refractivity contribution in [2.24, 2.45) is 5.73 Å². The van der Waals surface area contributed by atoms with Gasteiger partial charge in [0.15, 0.2) is 0 Å². The number of nitrogens with one attached hydrogen (secondary N) is 1. The lowest BCUT2D eigenvalue weighted by molar-refractivity contribution is -0.150. The number of carbonyl (C=O) groups excluding carboxylic acids is 2. The van der Waals surface area contributed by atoms with Crippen LogP contribution in [0.3, 0.4) is 0 Å². The molecule has 0 aliphatic rings. The van der Waals surface area contributed by atoms with E-state index < -0.39 is 12.0 Å². The van der Waals surface area contributed by atoms with E-state index in [0.717, 1.165) is 44.9 Å². The molecule has 0 aliphatic carbocycles. The van der Waals surface area contributed by atoms with Gasteiger partial charge in [0.25, 0.3) is 0 Å². The SMILES string of the molecule is CCCCCCCCC/C=C\CCCCCCCC(=O)OC(CCC)CCCCCC(=O)NC(CCCN)C(=O)O. The van der Waals surface area contributed by atoms with Crippen LogP contribution in [0.15, 0.2) is 12.2 Å². The van der Waals surface area contributed by atoms with Crippen LogP contribution in [-0.4, -0.2) is 41.6 Å². The number of carboxylic acid groups (broad SMARTS) is 1. The van der Waals surface area contributed by atoms with Crippen LogP contribution >= 0.6 is 0 Å². The predicted octanol–water partition coefficient (Wildman–Crippen LogP) is 8.38. The average Bonchev–Trinajstić information content (AvgIpc) is 2.94. The standard InChI is InChI=1S/C34H64N2O5/c1-3-5-6-7-8-9-10-11-12-13-14-15-16-17-18-22-28-33(38)41-30(24-4-2)25-20-19-21-27-32(37)36-31(34(39)40)26-23-29-35/h12-13,30-31H,3-11,14-29,35H2,1-2H3,(H,36,37)(H,39,40)/b13-12-. The molecular formula is C34H64N2O5. The summed E-state index contributed by atoms with van der Waals surface area (Å²) < 4.78 is 5.76. The molecule has 41 heavy (non-hydrogen) atoms. The molecule has 240 valence electrons. The van der Waals surface area contributed by atoms with Gasteiger partial charge < -0.3 is 20.9 Å². The third kappa shape index (κ3) is 26.7. The number of esters is 1. The summed E-state index contributed by atoms with van der Waals surface area (Å²) in [6.45, 7) is 4.76. The Bertz CT molecular complexity index is 668. The van der Waals surface area contributed by atoms with Crippen molar-refractivity contribution in [1.29, 1.82) is 0 Å². The molecule has 0 radical (unpaired) electrons. The van der Waals surface area contributed by atoms with Crippen molar-refractivity contribution < 1.29 is 24.2 Å². The largest absolute Gasteiger partial charge is 0.480 e. The second kappa shape index (κ2) is 29.6. The van der Waals surface area contributed by atoms with Crippen LogP contribution in [-0.2, 0) is 19.1 Å². The molecule has 0 heterocycles. The summed E-state index contributed by atoms with van der Waals surface area (Å²) in [5, 5.41) is 11.8. The number of hydrogen-bond donors (Lipinski definition) is 3. The summed E-state index contributed by atoms with van der Waals surface area (Å²) in [4.78, 5) is 35.7. The Labute approximate surface area is 251 Å². The van der Waals surface area contributed by atoms with Crippen LogP contribution in [0.2, 0.25) is 0 Å². The highest BCUT2D eigenvalue weighted by Crippen LogP contribution is 2.16. The first-order chi connectivity index (χ1) is 19.9. The lowest BCUT2D eigenvalue weighted by Crippen LogP contribution is -2.40. The first-order valence-electron chi connectivity index (χ1n) is 17.0. The number of allylic oxidation sites excluding steroid dienone is 2. The van der Waals surface area contributed by atoms with Crippen LogP contribution in [0.25, 0.3) is 0 Å². The molecule has 7 nitrogen and oxygen atoms in total. The summed E-state index contributed by atoms with van der Waals surface area (Å²) >= 11 is 0. The molecule has 0 aromatic rings. The maximum atomic E-state index is 12.3. The van der Waals surface area contributed by atoms with Crippen molar-refractivity contribution in [1.82, 2.24) is 5.32 Å². The van der Waals surface area contributed by atoms with Crippen LogP contribution in [0.5, 0.6) is 0 Å². The van der Waals surface area contributed by atoms with E-state index in [9.17, 15) is 19.5 Å². The number of ether oxygens (including phenoxy) is 1. The molecule has 0 saturated heterocycles. The number of rotatable bonds is 30. The van der Waals surface area contributed by atoms with Gasteiger partial charge in [-0.1, -0.05) is 96.6 Å². The molecule has 2 atom stereocenters. The molecule has 0 fully saturated rings. The van der Waals surface area contributed by atoms with E-state index >= 15 is 0 Å². The van der Waals surface area contributed by atoms with Crippen molar-refractivity contribution in [2.75, 3.05) is 6.54 Å². The van der Waals surface area contributed by atoms with E-state index in [0.29, 0.717) is 38.6 Å². The van der Waals surface area contributed by atoms with Gasteiger partial charge in [-0.15, -0.1) is 0 Å². The van der Waals surface area contributed by atoms with Gasteiger partial charge in [-0.2, -0.15) is 0 Å². The molecule has 0 rings (SSSR count). The van der Waals surface area contributed by atoms with Gasteiger partial charge in [-0.25, -0.2) is 4.79 Å². The summed E-state index contributed by atoms with van der Waals surface area (Å²) in [6.07, 6.45) is 29.0. The van der Waals surface area contributed by atoms with Crippen molar-refractivity contribution in [2.45, 2.75) is 180 Å². The lowest BCUT2D eigenvalue weighted by atomic mass is 10.0. The number of hydrogen-bond acceptors (Lipinski definition) is 5. The topological polar surface area (TPSA) is 119 Å². The number of nitrogens with two attached hydrogens (primary N) is 1. The van der Waals surface area contributed by atoms with Gasteiger partial charge in [0.1, 0.15) is 12.1 Å². The maximum absolute atomic E-state index is 12.3. The maximum Gasteiger partial charge on any atom is 0.326 e. The minimum atomic E-state index is -1.02. The minimum Gasteiger partial charge on any atom is -0.480 e. The number of amides is 1. The van der Waals surface area contributed by atoms with Gasteiger partial charge in [-0.05, 0) is 77.2 Å². The van der Waals surface area contributed by atoms with E-state index in [-0.39, 0.29) is 18.0 Å². The summed E-state index contributed by atoms with van der Waals surface area (Å²) in [7, 11) is 0. The molecule has 0 bridgehead atoms. The molecule has 7 heteroatoms. The number of carbonyl (C=O) groups is 3. The number of aliphatic carboxylic acids is 1. The fraction of sp³-hybridized carbons (Fsp3) is 0.853. The molecule has 0 aliphatic heterocycles. The minimum absolute atomic E-state index is 0.0539. The Morgan fingerprint density at radius 1 is 0.683 bits per heavy atom. The quantitative estimate of drug-likeness (QED) is 0.0446. The summed E-state index contributed by atoms with van der Waals surface area (Å²) in [5.41, 5.74) is 5.44. The third-order valence-electron chi connectivity index (χ3n) is 7.56. The normalized spacial score (nSPS) is 12.9. The highest BCUT2D eigenvalue weighted by molar-refractivity contribution is 5.83. The van der Waals surface area contributed by atoms with Crippen molar-refractivity contribution in [3.05, 3.63) is 12.2 Å². The Hall–Kier alpha value is -1.89. The Morgan fingerprint density at radius 3 is 1.83 bits per heavy atom. The summed E-state index contributed by atoms with van der Waals surface area (Å²) in [6, 6.07) is -0.870. The second-order valence-electron chi connectivity index (χ2n) is 11.6. The highest BCUT2D eigenvalue weighted by Gasteiger charge is 2.19. The Balaban J connectivity index is 3.81. The molecular weight excluding hydrogens is 516 g/mol. The zero-order valence-electron chi connectivity index (χ0n) is 26.6. The van der Waals surface area contributed by atoms with Crippen LogP contribution in [0, 0.1) is 0 Å². The zero-order chi connectivity index (χ0) is 30.4. The predicted molar refractivity (Wildman–Crippen MR) is 170 cm³/mol. The average molecular weight is 581 g/mol. The van der Waals surface area contributed by atoms with Crippen LogP contribution < -0.4 is 11.1 Å². The summed E-state index contributed by atoms with van der Waals surface area (Å²) in [5.74, 6) is -1.34. The number of carboxylic acids is 1. The molecule has 0 aromatic heterocycles. The molecule has 4 N–H and O–H groups in total. The van der Waals surface area contributed by atoms with Gasteiger partial charge in [0.2, 0.25) is 5.91 Å².